The normalized spacial score (nSPS) is 24.9. The Bertz CT molecular complexity index is 428. The van der Waals surface area contributed by atoms with Crippen LogP contribution in [-0.4, -0.2) is 38.8 Å². The predicted molar refractivity (Wildman–Crippen MR) is 68.2 cm³/mol. The van der Waals surface area contributed by atoms with Crippen molar-refractivity contribution in [3.8, 4) is 0 Å². The Morgan fingerprint density at radius 3 is 2.78 bits per heavy atom. The summed E-state index contributed by atoms with van der Waals surface area (Å²) in [5, 5.41) is 13.4. The SMILES string of the molecule is CC(C)n1cc(CN2C[C@@H](C)[C@H](C(=O)O)C2)cn1. The van der Waals surface area contributed by atoms with Gasteiger partial charge in [0.2, 0.25) is 0 Å². The lowest BCUT2D eigenvalue weighted by molar-refractivity contribution is -0.142. The molecule has 1 fully saturated rings. The highest BCUT2D eigenvalue weighted by atomic mass is 16.4. The van der Waals surface area contributed by atoms with Gasteiger partial charge in [-0.25, -0.2) is 0 Å². The van der Waals surface area contributed by atoms with Gasteiger partial charge in [-0.2, -0.15) is 5.10 Å². The number of carboxylic acid groups (broad SMARTS) is 1. The number of aromatic nitrogens is 2. The van der Waals surface area contributed by atoms with Gasteiger partial charge >= 0.3 is 5.97 Å². The number of carbonyl (C=O) groups is 1. The zero-order valence-corrected chi connectivity index (χ0v) is 11.2. The third kappa shape index (κ3) is 2.72. The van der Waals surface area contributed by atoms with Crippen molar-refractivity contribution in [3.05, 3.63) is 18.0 Å². The van der Waals surface area contributed by atoms with E-state index >= 15 is 0 Å². The van der Waals surface area contributed by atoms with Crippen LogP contribution in [0.2, 0.25) is 0 Å². The van der Waals surface area contributed by atoms with Crippen LogP contribution in [0.15, 0.2) is 12.4 Å². The summed E-state index contributed by atoms with van der Waals surface area (Å²) in [6, 6.07) is 0.364. The summed E-state index contributed by atoms with van der Waals surface area (Å²) in [4.78, 5) is 13.3. The summed E-state index contributed by atoms with van der Waals surface area (Å²) in [5.41, 5.74) is 1.15. The van der Waals surface area contributed by atoms with Crippen molar-refractivity contribution in [2.75, 3.05) is 13.1 Å². The zero-order chi connectivity index (χ0) is 13.3. The molecule has 5 nitrogen and oxygen atoms in total. The van der Waals surface area contributed by atoms with Crippen molar-refractivity contribution in [3.63, 3.8) is 0 Å². The van der Waals surface area contributed by atoms with Crippen LogP contribution in [0.4, 0.5) is 0 Å². The van der Waals surface area contributed by atoms with Crippen molar-refractivity contribution >= 4 is 5.97 Å². The van der Waals surface area contributed by atoms with Crippen molar-refractivity contribution < 1.29 is 9.90 Å². The lowest BCUT2D eigenvalue weighted by Gasteiger charge is -2.13. The van der Waals surface area contributed by atoms with Crippen LogP contribution >= 0.6 is 0 Å². The molecule has 0 unspecified atom stereocenters. The molecule has 0 bridgehead atoms. The van der Waals surface area contributed by atoms with Gasteiger partial charge in [-0.3, -0.25) is 14.4 Å². The molecule has 0 aliphatic carbocycles. The molecule has 0 saturated carbocycles. The second-order valence-electron chi connectivity index (χ2n) is 5.54. The van der Waals surface area contributed by atoms with Gasteiger partial charge in [0.25, 0.3) is 0 Å². The molecule has 1 N–H and O–H groups in total. The van der Waals surface area contributed by atoms with E-state index in [1.54, 1.807) is 0 Å². The lowest BCUT2D eigenvalue weighted by atomic mass is 9.99. The zero-order valence-electron chi connectivity index (χ0n) is 11.2. The second-order valence-corrected chi connectivity index (χ2v) is 5.54. The maximum atomic E-state index is 11.1. The highest BCUT2D eigenvalue weighted by molar-refractivity contribution is 5.71. The number of rotatable bonds is 4. The van der Waals surface area contributed by atoms with Crippen LogP contribution in [0.1, 0.15) is 32.4 Å². The molecule has 2 atom stereocenters. The van der Waals surface area contributed by atoms with Crippen LogP contribution in [0.3, 0.4) is 0 Å². The van der Waals surface area contributed by atoms with E-state index in [1.165, 1.54) is 0 Å². The first-order valence-corrected chi connectivity index (χ1v) is 6.45. The summed E-state index contributed by atoms with van der Waals surface area (Å²) in [5.74, 6) is -0.685. The largest absolute Gasteiger partial charge is 0.481 e. The molecule has 1 aromatic heterocycles. The third-order valence-corrected chi connectivity index (χ3v) is 3.60. The molecule has 2 rings (SSSR count). The first kappa shape index (κ1) is 13.1. The molecule has 1 aromatic rings. The number of hydrogen-bond acceptors (Lipinski definition) is 3. The van der Waals surface area contributed by atoms with Gasteiger partial charge in [0.15, 0.2) is 0 Å². The fraction of sp³-hybridized carbons (Fsp3) is 0.692. The molecule has 0 amide bonds. The maximum Gasteiger partial charge on any atom is 0.308 e. The first-order valence-electron chi connectivity index (χ1n) is 6.45. The smallest absolute Gasteiger partial charge is 0.308 e. The number of hydrogen-bond donors (Lipinski definition) is 1. The van der Waals surface area contributed by atoms with E-state index in [9.17, 15) is 4.79 Å². The number of likely N-dealkylation sites (tertiary alicyclic amines) is 1. The van der Waals surface area contributed by atoms with E-state index in [0.717, 1.165) is 18.7 Å². The minimum absolute atomic E-state index is 0.225. The predicted octanol–water partition coefficient (Wildman–Crippen LogP) is 1.62. The number of carboxylic acids is 1. The van der Waals surface area contributed by atoms with Gasteiger partial charge in [-0.15, -0.1) is 0 Å². The molecule has 2 heterocycles. The van der Waals surface area contributed by atoms with Gasteiger partial charge in [0, 0.05) is 37.4 Å². The minimum Gasteiger partial charge on any atom is -0.481 e. The highest BCUT2D eigenvalue weighted by Gasteiger charge is 2.34. The average molecular weight is 251 g/mol. The summed E-state index contributed by atoms with van der Waals surface area (Å²) < 4.78 is 1.93. The maximum absolute atomic E-state index is 11.1. The van der Waals surface area contributed by atoms with Crippen molar-refractivity contribution in [1.29, 1.82) is 0 Å². The van der Waals surface area contributed by atoms with E-state index < -0.39 is 5.97 Å². The van der Waals surface area contributed by atoms with Crippen LogP contribution in [0.25, 0.3) is 0 Å². The standard InChI is InChI=1S/C13H21N3O2/c1-9(2)16-7-11(4-14-16)6-15-5-10(3)12(8-15)13(17)18/h4,7,9-10,12H,5-6,8H2,1-3H3,(H,17,18)/t10-,12-/m1/s1. The summed E-state index contributed by atoms with van der Waals surface area (Å²) >= 11 is 0. The monoisotopic (exact) mass is 251 g/mol. The van der Waals surface area contributed by atoms with Crippen molar-refractivity contribution in [1.82, 2.24) is 14.7 Å². The fourth-order valence-corrected chi connectivity index (χ4v) is 2.52. The summed E-state index contributed by atoms with van der Waals surface area (Å²) in [6.07, 6.45) is 3.92. The first-order chi connectivity index (χ1) is 8.47. The van der Waals surface area contributed by atoms with Gasteiger partial charge in [0.1, 0.15) is 0 Å². The lowest BCUT2D eigenvalue weighted by Crippen LogP contribution is -2.23. The Morgan fingerprint density at radius 1 is 1.56 bits per heavy atom. The van der Waals surface area contributed by atoms with Gasteiger partial charge in [-0.05, 0) is 19.8 Å². The minimum atomic E-state index is -0.678. The topological polar surface area (TPSA) is 58.4 Å². The van der Waals surface area contributed by atoms with E-state index in [-0.39, 0.29) is 11.8 Å². The second kappa shape index (κ2) is 5.10. The van der Waals surface area contributed by atoms with Crippen molar-refractivity contribution in [2.45, 2.75) is 33.4 Å². The molecule has 1 saturated heterocycles. The van der Waals surface area contributed by atoms with Crippen LogP contribution in [0.5, 0.6) is 0 Å². The van der Waals surface area contributed by atoms with E-state index in [1.807, 2.05) is 24.0 Å². The number of nitrogens with zero attached hydrogens (tertiary/aromatic N) is 3. The molecular weight excluding hydrogens is 230 g/mol. The number of aliphatic carboxylic acids is 1. The van der Waals surface area contributed by atoms with Gasteiger partial charge in [-0.1, -0.05) is 6.92 Å². The molecular formula is C13H21N3O2. The van der Waals surface area contributed by atoms with Crippen molar-refractivity contribution in [2.24, 2.45) is 11.8 Å². The Kier molecular flexibility index (Phi) is 3.71. The molecule has 5 heteroatoms. The quantitative estimate of drug-likeness (QED) is 0.883. The van der Waals surface area contributed by atoms with E-state index in [2.05, 4.69) is 23.8 Å². The molecule has 0 radical (unpaired) electrons. The highest BCUT2D eigenvalue weighted by Crippen LogP contribution is 2.24. The Balaban J connectivity index is 1.96. The molecule has 1 aliphatic rings. The van der Waals surface area contributed by atoms with E-state index in [0.29, 0.717) is 12.6 Å². The van der Waals surface area contributed by atoms with Gasteiger partial charge in [0.05, 0.1) is 12.1 Å². The Morgan fingerprint density at radius 2 is 2.28 bits per heavy atom. The average Bonchev–Trinajstić information content (AvgIpc) is 2.86. The van der Waals surface area contributed by atoms with Crippen LogP contribution in [0, 0.1) is 11.8 Å². The summed E-state index contributed by atoms with van der Waals surface area (Å²) in [7, 11) is 0. The van der Waals surface area contributed by atoms with Crippen LogP contribution < -0.4 is 0 Å². The Labute approximate surface area is 107 Å². The third-order valence-electron chi connectivity index (χ3n) is 3.60. The van der Waals surface area contributed by atoms with E-state index in [4.69, 9.17) is 5.11 Å². The molecule has 0 aromatic carbocycles. The molecule has 0 spiro atoms. The Hall–Kier alpha value is -1.36. The van der Waals surface area contributed by atoms with Gasteiger partial charge < -0.3 is 5.11 Å². The molecule has 100 valence electrons. The molecule has 18 heavy (non-hydrogen) atoms. The van der Waals surface area contributed by atoms with Crippen LogP contribution in [-0.2, 0) is 11.3 Å². The molecule has 1 aliphatic heterocycles. The fourth-order valence-electron chi connectivity index (χ4n) is 2.52. The summed E-state index contributed by atoms with van der Waals surface area (Å²) in [6.45, 7) is 8.48.